The van der Waals surface area contributed by atoms with Gasteiger partial charge >= 0.3 is 0 Å². The highest BCUT2D eigenvalue weighted by atomic mass is 32.2. The second kappa shape index (κ2) is 13.5. The molecule has 2 aliphatic heterocycles. The quantitative estimate of drug-likeness (QED) is 0.127. The molecule has 2 saturated heterocycles. The molecule has 7 nitrogen and oxygen atoms in total. The van der Waals surface area contributed by atoms with Crippen LogP contribution < -0.4 is 0 Å². The Hall–Kier alpha value is -2.79. The first-order valence-corrected chi connectivity index (χ1v) is 17.1. The molecule has 3 heterocycles. The Bertz CT molecular complexity index is 1530. The van der Waals surface area contributed by atoms with E-state index in [4.69, 9.17) is 17.3 Å². The zero-order valence-electron chi connectivity index (χ0n) is 23.4. The van der Waals surface area contributed by atoms with Crippen LogP contribution in [0.3, 0.4) is 0 Å². The van der Waals surface area contributed by atoms with Gasteiger partial charge in [-0.2, -0.15) is 9.40 Å². The molecule has 2 fully saturated rings. The molecule has 1 amide bonds. The Morgan fingerprint density at radius 3 is 2.46 bits per heavy atom. The first-order valence-electron chi connectivity index (χ1n) is 14.4. The topological polar surface area (TPSA) is 75.5 Å². The lowest BCUT2D eigenvalue weighted by Crippen LogP contribution is -2.29. The first kappa shape index (κ1) is 29.7. The fraction of sp³-hybridized carbons (Fsp3) is 0.387. The summed E-state index contributed by atoms with van der Waals surface area (Å²) in [4.78, 5) is 15.9. The predicted octanol–water partition coefficient (Wildman–Crippen LogP) is 6.89. The van der Waals surface area contributed by atoms with Crippen LogP contribution in [0.15, 0.2) is 70.6 Å². The number of benzene rings is 2. The van der Waals surface area contributed by atoms with Crippen LogP contribution in [0.2, 0.25) is 0 Å². The van der Waals surface area contributed by atoms with E-state index in [-0.39, 0.29) is 10.8 Å². The van der Waals surface area contributed by atoms with Crippen LogP contribution in [0.1, 0.15) is 63.9 Å². The molecule has 1 aromatic heterocycles. The lowest BCUT2D eigenvalue weighted by molar-refractivity contribution is -0.122. The van der Waals surface area contributed by atoms with Crippen molar-refractivity contribution in [1.29, 1.82) is 0 Å². The van der Waals surface area contributed by atoms with Crippen molar-refractivity contribution in [3.63, 3.8) is 0 Å². The fourth-order valence-electron chi connectivity index (χ4n) is 5.20. The Balaban J connectivity index is 1.45. The molecule has 0 saturated carbocycles. The van der Waals surface area contributed by atoms with Crippen molar-refractivity contribution in [3.8, 4) is 16.9 Å². The number of para-hydroxylation sites is 1. The Morgan fingerprint density at radius 2 is 1.71 bits per heavy atom. The van der Waals surface area contributed by atoms with Crippen LogP contribution in [0.5, 0.6) is 0 Å². The second-order valence-electron chi connectivity index (χ2n) is 10.5. The first-order chi connectivity index (χ1) is 19.9. The average molecular weight is 609 g/mol. The summed E-state index contributed by atoms with van der Waals surface area (Å²) in [6, 6.07) is 16.7. The monoisotopic (exact) mass is 608 g/mol. The molecule has 0 radical (unpaired) electrons. The molecule has 3 aromatic rings. The summed E-state index contributed by atoms with van der Waals surface area (Å²) in [7, 11) is -3.59. The highest BCUT2D eigenvalue weighted by molar-refractivity contribution is 8.26. The number of sulfonamides is 1. The van der Waals surface area contributed by atoms with Crippen molar-refractivity contribution in [3.05, 3.63) is 71.3 Å². The van der Waals surface area contributed by atoms with Gasteiger partial charge in [0.1, 0.15) is 10.0 Å². The third-order valence-electron chi connectivity index (χ3n) is 7.47. The molecule has 5 rings (SSSR count). The van der Waals surface area contributed by atoms with Gasteiger partial charge in [-0.1, -0.05) is 93.3 Å². The van der Waals surface area contributed by atoms with Crippen molar-refractivity contribution in [2.75, 3.05) is 19.6 Å². The van der Waals surface area contributed by atoms with Crippen molar-refractivity contribution < 1.29 is 13.2 Å². The summed E-state index contributed by atoms with van der Waals surface area (Å²) >= 11 is 6.90. The Labute approximate surface area is 252 Å². The van der Waals surface area contributed by atoms with E-state index in [0.29, 0.717) is 40.1 Å². The minimum Gasteiger partial charge on any atom is -0.293 e. The minimum absolute atomic E-state index is 0.0858. The number of carbonyl (C=O) groups excluding carboxylic acids is 1. The van der Waals surface area contributed by atoms with Gasteiger partial charge in [0.25, 0.3) is 5.91 Å². The van der Waals surface area contributed by atoms with Gasteiger partial charge < -0.3 is 0 Å². The lowest BCUT2D eigenvalue weighted by Gasteiger charge is -2.16. The van der Waals surface area contributed by atoms with Crippen LogP contribution in [0.25, 0.3) is 23.0 Å². The largest absolute Gasteiger partial charge is 0.293 e. The van der Waals surface area contributed by atoms with E-state index >= 15 is 0 Å². The van der Waals surface area contributed by atoms with Crippen LogP contribution in [0, 0.1) is 0 Å². The molecule has 0 bridgehead atoms. The molecule has 0 unspecified atom stereocenters. The second-order valence-corrected chi connectivity index (χ2v) is 14.1. The standard InChI is InChI=1S/C31H36N4O3S3/c1-2-3-4-5-6-10-20-34-30(36)28(40-31(34)39)22-25-23-35(26-15-8-7-9-16-26)32-29(25)24-14-13-17-27(21-24)41(37,38)33-18-11-12-19-33/h7-9,13-17,21-23H,2-6,10-12,18-20H2,1H3. The zero-order chi connectivity index (χ0) is 28.8. The highest BCUT2D eigenvalue weighted by Crippen LogP contribution is 2.36. The number of carbonyl (C=O) groups is 1. The maximum absolute atomic E-state index is 13.4. The van der Waals surface area contributed by atoms with Crippen LogP contribution in [-0.4, -0.2) is 57.3 Å². The van der Waals surface area contributed by atoms with Crippen molar-refractivity contribution >= 4 is 50.3 Å². The van der Waals surface area contributed by atoms with Crippen molar-refractivity contribution in [2.45, 2.75) is 63.2 Å². The number of aromatic nitrogens is 2. The molecule has 0 atom stereocenters. The van der Waals surface area contributed by atoms with Gasteiger partial charge in [-0.05, 0) is 49.6 Å². The summed E-state index contributed by atoms with van der Waals surface area (Å²) < 4.78 is 30.5. The number of thioether (sulfide) groups is 1. The van der Waals surface area contributed by atoms with E-state index in [1.165, 1.54) is 37.4 Å². The van der Waals surface area contributed by atoms with E-state index in [2.05, 4.69) is 6.92 Å². The molecular weight excluding hydrogens is 573 g/mol. The lowest BCUT2D eigenvalue weighted by atomic mass is 10.1. The van der Waals surface area contributed by atoms with E-state index in [1.807, 2.05) is 48.7 Å². The number of hydrogen-bond donors (Lipinski definition) is 0. The van der Waals surface area contributed by atoms with E-state index in [0.717, 1.165) is 36.9 Å². The fourth-order valence-corrected chi connectivity index (χ4v) is 8.06. The summed E-state index contributed by atoms with van der Waals surface area (Å²) in [6.07, 6.45) is 12.3. The van der Waals surface area contributed by atoms with E-state index < -0.39 is 10.0 Å². The smallest absolute Gasteiger partial charge is 0.266 e. The number of thiocarbonyl (C=S) groups is 1. The van der Waals surface area contributed by atoms with Gasteiger partial charge in [-0.3, -0.25) is 9.69 Å². The molecule has 0 aliphatic carbocycles. The summed E-state index contributed by atoms with van der Waals surface area (Å²) in [5.74, 6) is -0.0858. The van der Waals surface area contributed by atoms with Gasteiger partial charge in [-0.25, -0.2) is 13.1 Å². The van der Waals surface area contributed by atoms with Crippen molar-refractivity contribution in [2.24, 2.45) is 0 Å². The minimum atomic E-state index is -3.59. The third-order valence-corrected chi connectivity index (χ3v) is 10.7. The van der Waals surface area contributed by atoms with Crippen molar-refractivity contribution in [1.82, 2.24) is 19.0 Å². The van der Waals surface area contributed by atoms with E-state index in [1.54, 1.807) is 32.1 Å². The average Bonchev–Trinajstić information content (AvgIpc) is 3.73. The van der Waals surface area contributed by atoms with Gasteiger partial charge in [0.15, 0.2) is 0 Å². The van der Waals surface area contributed by atoms with Gasteiger partial charge in [0.05, 0.1) is 15.5 Å². The van der Waals surface area contributed by atoms with Crippen LogP contribution >= 0.6 is 24.0 Å². The van der Waals surface area contributed by atoms with E-state index in [9.17, 15) is 13.2 Å². The normalized spacial score (nSPS) is 17.3. The predicted molar refractivity (Wildman–Crippen MR) is 170 cm³/mol. The Morgan fingerprint density at radius 1 is 0.976 bits per heavy atom. The molecule has 0 N–H and O–H groups in total. The summed E-state index contributed by atoms with van der Waals surface area (Å²) in [5.41, 5.74) is 2.87. The molecule has 216 valence electrons. The Kier molecular flexibility index (Phi) is 9.75. The van der Waals surface area contributed by atoms with Crippen LogP contribution in [-0.2, 0) is 14.8 Å². The number of rotatable bonds is 12. The summed E-state index contributed by atoms with van der Waals surface area (Å²) in [5, 5.41) is 4.86. The van der Waals surface area contributed by atoms with Gasteiger partial charge in [0.2, 0.25) is 10.0 Å². The number of unbranched alkanes of at least 4 members (excludes halogenated alkanes) is 5. The van der Waals surface area contributed by atoms with Crippen LogP contribution in [0.4, 0.5) is 0 Å². The number of nitrogens with zero attached hydrogens (tertiary/aromatic N) is 4. The maximum atomic E-state index is 13.4. The number of amides is 1. The van der Waals surface area contributed by atoms with Gasteiger partial charge in [-0.15, -0.1) is 0 Å². The van der Waals surface area contributed by atoms with Gasteiger partial charge in [0, 0.05) is 37.0 Å². The molecule has 41 heavy (non-hydrogen) atoms. The maximum Gasteiger partial charge on any atom is 0.266 e. The molecule has 0 spiro atoms. The number of hydrogen-bond acceptors (Lipinski definition) is 6. The molecule has 2 aliphatic rings. The zero-order valence-corrected chi connectivity index (χ0v) is 25.8. The third kappa shape index (κ3) is 6.83. The summed E-state index contributed by atoms with van der Waals surface area (Å²) in [6.45, 7) is 3.91. The highest BCUT2D eigenvalue weighted by Gasteiger charge is 2.32. The SMILES string of the molecule is CCCCCCCCN1C(=O)C(=Cc2cn(-c3ccccc3)nc2-c2cccc(S(=O)(=O)N3CCCC3)c2)SC1=S. The molecular formula is C31H36N4O3S3. The molecule has 10 heteroatoms. The molecule has 2 aromatic carbocycles.